The molecule has 0 aliphatic rings. The van der Waals surface area contributed by atoms with Crippen LogP contribution in [0.1, 0.15) is 17.3 Å². The number of H-pyrrole nitrogens is 1. The van der Waals surface area contributed by atoms with Crippen molar-refractivity contribution in [3.63, 3.8) is 0 Å². The van der Waals surface area contributed by atoms with Gasteiger partial charge in [0.2, 0.25) is 5.95 Å². The molecule has 0 saturated carbocycles. The molecule has 0 amide bonds. The molecule has 0 radical (unpaired) electrons. The van der Waals surface area contributed by atoms with Gasteiger partial charge in [0.05, 0.1) is 6.07 Å². The van der Waals surface area contributed by atoms with Gasteiger partial charge in [-0.2, -0.15) is 5.26 Å². The summed E-state index contributed by atoms with van der Waals surface area (Å²) < 4.78 is 0. The van der Waals surface area contributed by atoms with E-state index in [0.717, 1.165) is 10.8 Å². The fourth-order valence-corrected chi connectivity index (χ4v) is 2.54. The molecule has 0 bridgehead atoms. The van der Waals surface area contributed by atoms with E-state index in [1.54, 1.807) is 19.1 Å². The van der Waals surface area contributed by atoms with Gasteiger partial charge >= 0.3 is 0 Å². The SMILES string of the molecule is Cc1cc(=O)[nH]c(NN[C@@H](C#N)c2c(O)ccc3ccccc23)n1. The molecule has 0 unspecified atom stereocenters. The number of rotatable bonds is 4. The maximum atomic E-state index is 11.5. The average Bonchev–Trinajstić information content (AvgIpc) is 2.56. The van der Waals surface area contributed by atoms with Crippen molar-refractivity contribution in [3.05, 3.63) is 64.1 Å². The van der Waals surface area contributed by atoms with Crippen molar-refractivity contribution >= 4 is 16.7 Å². The molecule has 2 aromatic carbocycles. The highest BCUT2D eigenvalue weighted by Crippen LogP contribution is 2.32. The Kier molecular flexibility index (Phi) is 4.14. The average molecular weight is 321 g/mol. The lowest BCUT2D eigenvalue weighted by molar-refractivity contribution is 0.464. The van der Waals surface area contributed by atoms with Crippen LogP contribution in [0.4, 0.5) is 5.95 Å². The smallest absolute Gasteiger partial charge is 0.252 e. The molecule has 120 valence electrons. The van der Waals surface area contributed by atoms with Gasteiger partial charge in [0, 0.05) is 17.3 Å². The number of aromatic amines is 1. The van der Waals surface area contributed by atoms with Crippen LogP contribution in [0.5, 0.6) is 5.75 Å². The third-order valence-electron chi connectivity index (χ3n) is 3.57. The molecule has 7 heteroatoms. The standard InChI is InChI=1S/C17H15N5O2/c1-10-8-15(24)20-17(19-10)22-21-13(9-18)16-12-5-3-2-4-11(12)6-7-14(16)23/h2-8,13,21,23H,1H3,(H2,19,20,22,24)/t13-/m0/s1. The Hall–Kier alpha value is -3.37. The number of benzene rings is 2. The highest BCUT2D eigenvalue weighted by molar-refractivity contribution is 5.88. The van der Waals surface area contributed by atoms with Crippen LogP contribution in [0, 0.1) is 18.3 Å². The first-order chi connectivity index (χ1) is 11.6. The van der Waals surface area contributed by atoms with Crippen LogP contribution in [0.15, 0.2) is 47.3 Å². The van der Waals surface area contributed by atoms with E-state index in [9.17, 15) is 15.2 Å². The second-order valence-electron chi connectivity index (χ2n) is 5.29. The molecule has 24 heavy (non-hydrogen) atoms. The molecule has 1 heterocycles. The second kappa shape index (κ2) is 6.40. The van der Waals surface area contributed by atoms with Gasteiger partial charge < -0.3 is 5.11 Å². The van der Waals surface area contributed by atoms with Crippen LogP contribution in [-0.2, 0) is 0 Å². The lowest BCUT2D eigenvalue weighted by Gasteiger charge is -2.16. The van der Waals surface area contributed by atoms with E-state index in [2.05, 4.69) is 26.9 Å². The van der Waals surface area contributed by atoms with E-state index in [4.69, 9.17) is 0 Å². The molecular formula is C17H15N5O2. The zero-order valence-electron chi connectivity index (χ0n) is 12.9. The number of phenolic OH excluding ortho intramolecular Hbond substituents is 1. The quantitative estimate of drug-likeness (QED) is 0.547. The number of phenols is 1. The number of hydrazine groups is 1. The van der Waals surface area contributed by atoms with Crippen molar-refractivity contribution in [2.45, 2.75) is 13.0 Å². The van der Waals surface area contributed by atoms with Crippen LogP contribution in [0.3, 0.4) is 0 Å². The molecular weight excluding hydrogens is 306 g/mol. The van der Waals surface area contributed by atoms with Crippen molar-refractivity contribution in [2.75, 3.05) is 5.43 Å². The molecule has 1 atom stereocenters. The summed E-state index contributed by atoms with van der Waals surface area (Å²) in [5, 5.41) is 21.4. The molecule has 0 fully saturated rings. The first-order valence-corrected chi connectivity index (χ1v) is 7.28. The lowest BCUT2D eigenvalue weighted by Crippen LogP contribution is -2.29. The van der Waals surface area contributed by atoms with E-state index in [-0.39, 0.29) is 17.3 Å². The topological polar surface area (TPSA) is 114 Å². The maximum Gasteiger partial charge on any atom is 0.252 e. The van der Waals surface area contributed by atoms with E-state index in [1.165, 1.54) is 6.07 Å². The number of fused-ring (bicyclic) bond motifs is 1. The molecule has 3 rings (SSSR count). The Morgan fingerprint density at radius 3 is 2.83 bits per heavy atom. The predicted molar refractivity (Wildman–Crippen MR) is 90.3 cm³/mol. The summed E-state index contributed by atoms with van der Waals surface area (Å²) in [4.78, 5) is 18.1. The Morgan fingerprint density at radius 2 is 2.08 bits per heavy atom. The van der Waals surface area contributed by atoms with E-state index < -0.39 is 6.04 Å². The van der Waals surface area contributed by atoms with E-state index in [0.29, 0.717) is 11.3 Å². The third-order valence-corrected chi connectivity index (χ3v) is 3.57. The van der Waals surface area contributed by atoms with Crippen LogP contribution in [-0.4, -0.2) is 15.1 Å². The number of nitrogens with one attached hydrogen (secondary N) is 3. The van der Waals surface area contributed by atoms with Gasteiger partial charge in [-0.25, -0.2) is 10.4 Å². The number of aryl methyl sites for hydroxylation is 1. The van der Waals surface area contributed by atoms with Gasteiger partial charge in [0.15, 0.2) is 0 Å². The number of nitrogens with zero attached hydrogens (tertiary/aromatic N) is 2. The molecule has 0 saturated heterocycles. The molecule has 0 spiro atoms. The molecule has 0 aliphatic carbocycles. The Bertz CT molecular complexity index is 990. The summed E-state index contributed by atoms with van der Waals surface area (Å²) in [6.45, 7) is 1.69. The molecule has 3 aromatic rings. The Morgan fingerprint density at radius 1 is 1.29 bits per heavy atom. The van der Waals surface area contributed by atoms with Gasteiger partial charge in [-0.1, -0.05) is 30.3 Å². The number of hydrogen-bond donors (Lipinski definition) is 4. The Balaban J connectivity index is 1.94. The zero-order valence-corrected chi connectivity index (χ0v) is 12.9. The van der Waals surface area contributed by atoms with Gasteiger partial charge in [-0.15, -0.1) is 0 Å². The minimum Gasteiger partial charge on any atom is -0.508 e. The maximum absolute atomic E-state index is 11.5. The number of nitriles is 1. The first kappa shape index (κ1) is 15.5. The fourth-order valence-electron chi connectivity index (χ4n) is 2.54. The summed E-state index contributed by atoms with van der Waals surface area (Å²) in [5.74, 6) is 0.209. The van der Waals surface area contributed by atoms with E-state index >= 15 is 0 Å². The monoisotopic (exact) mass is 321 g/mol. The van der Waals surface area contributed by atoms with Crippen molar-refractivity contribution in [3.8, 4) is 11.8 Å². The molecule has 7 nitrogen and oxygen atoms in total. The van der Waals surface area contributed by atoms with Crippen molar-refractivity contribution in [2.24, 2.45) is 0 Å². The number of aromatic nitrogens is 2. The summed E-state index contributed by atoms with van der Waals surface area (Å²) in [7, 11) is 0. The van der Waals surface area contributed by atoms with Gasteiger partial charge in [0.25, 0.3) is 5.56 Å². The first-order valence-electron chi connectivity index (χ1n) is 7.28. The molecule has 0 aliphatic heterocycles. The lowest BCUT2D eigenvalue weighted by atomic mass is 9.98. The number of aromatic hydroxyl groups is 1. The summed E-state index contributed by atoms with van der Waals surface area (Å²) in [6, 6.07) is 13.4. The second-order valence-corrected chi connectivity index (χ2v) is 5.29. The van der Waals surface area contributed by atoms with Gasteiger partial charge in [-0.3, -0.25) is 15.2 Å². The zero-order chi connectivity index (χ0) is 17.1. The normalized spacial score (nSPS) is 11.8. The van der Waals surface area contributed by atoms with Crippen LogP contribution < -0.4 is 16.4 Å². The fraction of sp³-hybridized carbons (Fsp3) is 0.118. The minimum atomic E-state index is -0.845. The molecule has 4 N–H and O–H groups in total. The number of anilines is 1. The van der Waals surface area contributed by atoms with Gasteiger partial charge in [0.1, 0.15) is 11.8 Å². The predicted octanol–water partition coefficient (Wildman–Crippen LogP) is 2.12. The van der Waals surface area contributed by atoms with Crippen molar-refractivity contribution < 1.29 is 5.11 Å². The van der Waals surface area contributed by atoms with Crippen LogP contribution >= 0.6 is 0 Å². The molecule has 1 aromatic heterocycles. The van der Waals surface area contributed by atoms with Crippen molar-refractivity contribution in [1.82, 2.24) is 15.4 Å². The largest absolute Gasteiger partial charge is 0.508 e. The summed E-state index contributed by atoms with van der Waals surface area (Å²) in [6.07, 6.45) is 0. The summed E-state index contributed by atoms with van der Waals surface area (Å²) in [5.41, 5.74) is 6.21. The highest BCUT2D eigenvalue weighted by Gasteiger charge is 2.18. The summed E-state index contributed by atoms with van der Waals surface area (Å²) >= 11 is 0. The number of hydrogen-bond acceptors (Lipinski definition) is 6. The minimum absolute atomic E-state index is 0.0141. The highest BCUT2D eigenvalue weighted by atomic mass is 16.3. The third kappa shape index (κ3) is 3.04. The van der Waals surface area contributed by atoms with Crippen LogP contribution in [0.25, 0.3) is 10.8 Å². The van der Waals surface area contributed by atoms with Gasteiger partial charge in [-0.05, 0) is 23.8 Å². The Labute approximate surface area is 137 Å². The van der Waals surface area contributed by atoms with Crippen LogP contribution in [0.2, 0.25) is 0 Å². The van der Waals surface area contributed by atoms with Crippen molar-refractivity contribution in [1.29, 1.82) is 5.26 Å². The van der Waals surface area contributed by atoms with E-state index in [1.807, 2.05) is 24.3 Å².